The maximum atomic E-state index is 3.75. The molecule has 2 unspecified atom stereocenters. The highest BCUT2D eigenvalue weighted by atomic mass is 79.9. The Bertz CT molecular complexity index is 436. The van der Waals surface area contributed by atoms with Gasteiger partial charge in [0.15, 0.2) is 0 Å². The molecule has 1 aromatic heterocycles. The van der Waals surface area contributed by atoms with E-state index in [0.29, 0.717) is 23.4 Å². The number of piperazine rings is 1. The largest absolute Gasteiger partial charge is 0.311 e. The van der Waals surface area contributed by atoms with Crippen molar-refractivity contribution < 1.29 is 0 Å². The second kappa shape index (κ2) is 6.47. The minimum atomic E-state index is 0.304. The average Bonchev–Trinajstić information content (AvgIpc) is 2.73. The number of halogens is 1. The molecule has 0 spiro atoms. The number of nitrogens with zero attached hydrogens (tertiary/aromatic N) is 1. The minimum Gasteiger partial charge on any atom is -0.311 e. The Labute approximate surface area is 136 Å². The number of hydrogen-bond donors (Lipinski definition) is 1. The molecule has 1 aliphatic heterocycles. The van der Waals surface area contributed by atoms with Crippen LogP contribution in [0, 0.1) is 11.3 Å². The number of rotatable bonds is 3. The average molecular weight is 359 g/mol. The van der Waals surface area contributed by atoms with Crippen molar-refractivity contribution in [3.8, 4) is 0 Å². The van der Waals surface area contributed by atoms with E-state index < -0.39 is 0 Å². The fourth-order valence-electron chi connectivity index (χ4n) is 2.93. The van der Waals surface area contributed by atoms with E-state index in [1.807, 2.05) is 11.3 Å². The summed E-state index contributed by atoms with van der Waals surface area (Å²) in [5.74, 6) is 0.685. The van der Waals surface area contributed by atoms with Crippen LogP contribution in [0.2, 0.25) is 0 Å². The van der Waals surface area contributed by atoms with Gasteiger partial charge >= 0.3 is 0 Å². The molecule has 0 amide bonds. The standard InChI is InChI=1S/C16H27BrN2S/c1-11(2)13-9-19(10-14-12(17)6-7-20-14)15(8-18-13)16(3,4)5/h6-7,11,13,15,18H,8-10H2,1-5H3. The molecule has 1 fully saturated rings. The van der Waals surface area contributed by atoms with Gasteiger partial charge in [0, 0.05) is 41.1 Å². The van der Waals surface area contributed by atoms with Gasteiger partial charge in [0.1, 0.15) is 0 Å². The molecular formula is C16H27BrN2S. The molecule has 114 valence electrons. The van der Waals surface area contributed by atoms with Gasteiger partial charge in [-0.25, -0.2) is 0 Å². The summed E-state index contributed by atoms with van der Waals surface area (Å²) in [5.41, 5.74) is 0.304. The Morgan fingerprint density at radius 2 is 2.15 bits per heavy atom. The lowest BCUT2D eigenvalue weighted by molar-refractivity contribution is 0.0406. The van der Waals surface area contributed by atoms with Gasteiger partial charge < -0.3 is 5.32 Å². The smallest absolute Gasteiger partial charge is 0.0343 e. The van der Waals surface area contributed by atoms with Crippen molar-refractivity contribution in [2.24, 2.45) is 11.3 Å². The van der Waals surface area contributed by atoms with E-state index in [1.54, 1.807) is 0 Å². The first-order chi connectivity index (χ1) is 9.29. The van der Waals surface area contributed by atoms with Crippen LogP contribution in [0.15, 0.2) is 15.9 Å². The summed E-state index contributed by atoms with van der Waals surface area (Å²) < 4.78 is 1.26. The van der Waals surface area contributed by atoms with Crippen molar-refractivity contribution in [1.82, 2.24) is 10.2 Å². The first kappa shape index (κ1) is 16.5. The molecule has 2 nitrogen and oxygen atoms in total. The maximum Gasteiger partial charge on any atom is 0.0343 e. The van der Waals surface area contributed by atoms with Crippen LogP contribution < -0.4 is 5.32 Å². The summed E-state index contributed by atoms with van der Waals surface area (Å²) in [6, 6.07) is 3.35. The zero-order valence-electron chi connectivity index (χ0n) is 13.2. The first-order valence-electron chi connectivity index (χ1n) is 7.48. The molecule has 0 radical (unpaired) electrons. The quantitative estimate of drug-likeness (QED) is 0.863. The lowest BCUT2D eigenvalue weighted by atomic mass is 9.83. The van der Waals surface area contributed by atoms with Gasteiger partial charge in [-0.1, -0.05) is 34.6 Å². The zero-order valence-corrected chi connectivity index (χ0v) is 15.6. The van der Waals surface area contributed by atoms with E-state index in [2.05, 4.69) is 72.2 Å². The molecule has 2 atom stereocenters. The molecule has 0 saturated carbocycles. The third-order valence-corrected chi connectivity index (χ3v) is 6.20. The van der Waals surface area contributed by atoms with E-state index in [-0.39, 0.29) is 0 Å². The van der Waals surface area contributed by atoms with E-state index in [0.717, 1.165) is 19.6 Å². The molecule has 2 rings (SSSR count). The normalized spacial score (nSPS) is 25.4. The number of nitrogens with one attached hydrogen (secondary N) is 1. The van der Waals surface area contributed by atoms with Crippen LogP contribution in [0.25, 0.3) is 0 Å². The number of hydrogen-bond acceptors (Lipinski definition) is 3. The summed E-state index contributed by atoms with van der Waals surface area (Å²) in [7, 11) is 0. The Morgan fingerprint density at radius 3 is 2.65 bits per heavy atom. The summed E-state index contributed by atoms with van der Waals surface area (Å²) in [6.45, 7) is 15.0. The highest BCUT2D eigenvalue weighted by Crippen LogP contribution is 2.31. The van der Waals surface area contributed by atoms with Crippen molar-refractivity contribution >= 4 is 27.3 Å². The van der Waals surface area contributed by atoms with Crippen molar-refractivity contribution in [2.45, 2.75) is 53.2 Å². The third-order valence-electron chi connectivity index (χ3n) is 4.29. The molecule has 4 heteroatoms. The second-order valence-corrected chi connectivity index (χ2v) is 9.12. The Balaban J connectivity index is 2.15. The van der Waals surface area contributed by atoms with Crippen molar-refractivity contribution in [3.63, 3.8) is 0 Å². The highest BCUT2D eigenvalue weighted by molar-refractivity contribution is 9.10. The lowest BCUT2D eigenvalue weighted by Crippen LogP contribution is -2.61. The van der Waals surface area contributed by atoms with E-state index in [9.17, 15) is 0 Å². The molecule has 0 aliphatic carbocycles. The summed E-state index contributed by atoms with van der Waals surface area (Å²) in [4.78, 5) is 4.13. The van der Waals surface area contributed by atoms with Crippen LogP contribution in [0.1, 0.15) is 39.5 Å². The van der Waals surface area contributed by atoms with Crippen LogP contribution in [-0.4, -0.2) is 30.1 Å². The Hall–Kier alpha value is 0.1000. The van der Waals surface area contributed by atoms with Gasteiger partial charge in [0.05, 0.1) is 0 Å². The van der Waals surface area contributed by atoms with Gasteiger partial charge in [-0.2, -0.15) is 0 Å². The van der Waals surface area contributed by atoms with Gasteiger partial charge in [-0.15, -0.1) is 11.3 Å². The van der Waals surface area contributed by atoms with Crippen LogP contribution in [0.3, 0.4) is 0 Å². The van der Waals surface area contributed by atoms with Crippen molar-refractivity contribution in [1.29, 1.82) is 0 Å². The van der Waals surface area contributed by atoms with Gasteiger partial charge in [-0.3, -0.25) is 4.90 Å². The Kier molecular flexibility index (Phi) is 5.33. The molecule has 1 aliphatic rings. The molecule has 0 bridgehead atoms. The minimum absolute atomic E-state index is 0.304. The third kappa shape index (κ3) is 3.85. The van der Waals surface area contributed by atoms with Crippen LogP contribution >= 0.6 is 27.3 Å². The van der Waals surface area contributed by atoms with Crippen LogP contribution in [0.5, 0.6) is 0 Å². The highest BCUT2D eigenvalue weighted by Gasteiger charge is 2.36. The molecule has 2 heterocycles. The predicted octanol–water partition coefficient (Wildman–Crippen LogP) is 4.36. The molecular weight excluding hydrogens is 332 g/mol. The van der Waals surface area contributed by atoms with Gasteiger partial charge in [-0.05, 0) is 38.7 Å². The molecule has 1 saturated heterocycles. The Morgan fingerprint density at radius 1 is 1.45 bits per heavy atom. The van der Waals surface area contributed by atoms with E-state index >= 15 is 0 Å². The maximum absolute atomic E-state index is 3.75. The second-order valence-electron chi connectivity index (χ2n) is 7.26. The lowest BCUT2D eigenvalue weighted by Gasteiger charge is -2.47. The first-order valence-corrected chi connectivity index (χ1v) is 9.15. The number of thiophene rings is 1. The fraction of sp³-hybridized carbons (Fsp3) is 0.750. The molecule has 1 N–H and O–H groups in total. The summed E-state index contributed by atoms with van der Waals surface area (Å²) >= 11 is 5.53. The van der Waals surface area contributed by atoms with E-state index in [4.69, 9.17) is 0 Å². The van der Waals surface area contributed by atoms with Gasteiger partial charge in [0.2, 0.25) is 0 Å². The monoisotopic (exact) mass is 358 g/mol. The van der Waals surface area contributed by atoms with Gasteiger partial charge in [0.25, 0.3) is 0 Å². The molecule has 0 aromatic carbocycles. The summed E-state index contributed by atoms with van der Waals surface area (Å²) in [5, 5.41) is 5.92. The van der Waals surface area contributed by atoms with Crippen molar-refractivity contribution in [3.05, 3.63) is 20.8 Å². The zero-order chi connectivity index (χ0) is 14.9. The van der Waals surface area contributed by atoms with Crippen molar-refractivity contribution in [2.75, 3.05) is 13.1 Å². The topological polar surface area (TPSA) is 15.3 Å². The van der Waals surface area contributed by atoms with E-state index in [1.165, 1.54) is 9.35 Å². The molecule has 1 aromatic rings. The SMILES string of the molecule is CC(C)C1CN(Cc2sccc2Br)C(C(C)(C)C)CN1. The summed E-state index contributed by atoms with van der Waals surface area (Å²) in [6.07, 6.45) is 0. The fourth-order valence-corrected chi connectivity index (χ4v) is 4.44. The van der Waals surface area contributed by atoms with Crippen LogP contribution in [-0.2, 0) is 6.54 Å². The predicted molar refractivity (Wildman–Crippen MR) is 92.3 cm³/mol. The molecule has 20 heavy (non-hydrogen) atoms. The van der Waals surface area contributed by atoms with Crippen LogP contribution in [0.4, 0.5) is 0 Å².